The highest BCUT2D eigenvalue weighted by molar-refractivity contribution is 8.00. The first-order valence-electron chi connectivity index (χ1n) is 4.21. The van der Waals surface area contributed by atoms with E-state index in [4.69, 9.17) is 5.73 Å². The Kier molecular flexibility index (Phi) is 2.37. The average Bonchev–Trinajstić information content (AvgIpc) is 2.34. The van der Waals surface area contributed by atoms with Crippen molar-refractivity contribution in [2.75, 3.05) is 18.1 Å². The molecule has 1 fully saturated rings. The molecule has 1 saturated heterocycles. The average molecular weight is 183 g/mol. The minimum Gasteiger partial charge on any atom is -0.330 e. The van der Waals surface area contributed by atoms with Gasteiger partial charge >= 0.3 is 0 Å². The molecule has 0 atom stereocenters. The van der Waals surface area contributed by atoms with E-state index >= 15 is 0 Å². The van der Waals surface area contributed by atoms with Crippen LogP contribution in [0.1, 0.15) is 11.6 Å². The summed E-state index contributed by atoms with van der Waals surface area (Å²) >= 11 is 1.98. The van der Waals surface area contributed by atoms with Gasteiger partial charge in [-0.05, 0) is 18.5 Å². The minimum atomic E-state index is 0.640. The van der Waals surface area contributed by atoms with Crippen molar-refractivity contribution in [1.29, 1.82) is 0 Å². The van der Waals surface area contributed by atoms with Gasteiger partial charge in [0.1, 0.15) is 0 Å². The second-order valence-corrected chi connectivity index (χ2v) is 4.13. The van der Waals surface area contributed by atoms with E-state index < -0.39 is 0 Å². The van der Waals surface area contributed by atoms with Crippen LogP contribution in [-0.2, 0) is 6.42 Å². The zero-order valence-electron chi connectivity index (χ0n) is 6.94. The van der Waals surface area contributed by atoms with Crippen molar-refractivity contribution in [3.8, 4) is 0 Å². The van der Waals surface area contributed by atoms with Gasteiger partial charge in [0, 0.05) is 17.7 Å². The molecular formula is C8H13N3S. The Hall–Kier alpha value is -0.480. The quantitative estimate of drug-likeness (QED) is 0.749. The summed E-state index contributed by atoms with van der Waals surface area (Å²) in [5.41, 5.74) is 6.71. The van der Waals surface area contributed by atoms with Crippen LogP contribution in [0.2, 0.25) is 0 Å². The third-order valence-electron chi connectivity index (χ3n) is 2.08. The molecule has 1 aromatic rings. The van der Waals surface area contributed by atoms with E-state index in [0.717, 1.165) is 6.42 Å². The topological polar surface area (TPSA) is 43.8 Å². The van der Waals surface area contributed by atoms with Crippen LogP contribution in [0.25, 0.3) is 0 Å². The zero-order valence-corrected chi connectivity index (χ0v) is 7.76. The van der Waals surface area contributed by atoms with Gasteiger partial charge in [0.2, 0.25) is 0 Å². The van der Waals surface area contributed by atoms with Crippen LogP contribution in [0.15, 0.2) is 12.4 Å². The smallest absolute Gasteiger partial charge is 0.0699 e. The molecule has 2 heterocycles. The van der Waals surface area contributed by atoms with Gasteiger partial charge in [-0.25, -0.2) is 0 Å². The molecule has 3 nitrogen and oxygen atoms in total. The molecule has 4 heteroatoms. The number of nitrogens with zero attached hydrogens (tertiary/aromatic N) is 2. The van der Waals surface area contributed by atoms with Gasteiger partial charge in [0.15, 0.2) is 0 Å². The molecule has 2 N–H and O–H groups in total. The first-order chi connectivity index (χ1) is 5.90. The van der Waals surface area contributed by atoms with Crippen LogP contribution in [0.4, 0.5) is 0 Å². The van der Waals surface area contributed by atoms with Crippen LogP contribution in [-0.4, -0.2) is 27.8 Å². The number of rotatable bonds is 3. The Balaban J connectivity index is 2.02. The lowest BCUT2D eigenvalue weighted by Gasteiger charge is -2.24. The summed E-state index contributed by atoms with van der Waals surface area (Å²) in [5, 5.41) is 4.30. The summed E-state index contributed by atoms with van der Waals surface area (Å²) in [6.07, 6.45) is 4.99. The monoisotopic (exact) mass is 183 g/mol. The van der Waals surface area contributed by atoms with Gasteiger partial charge in [0.05, 0.1) is 12.2 Å². The Morgan fingerprint density at radius 2 is 2.50 bits per heavy atom. The van der Waals surface area contributed by atoms with E-state index in [-0.39, 0.29) is 0 Å². The molecule has 1 aliphatic heterocycles. The molecular weight excluding hydrogens is 170 g/mol. The lowest BCUT2D eigenvalue weighted by atomic mass is 10.2. The summed E-state index contributed by atoms with van der Waals surface area (Å²) in [6, 6.07) is 0.640. The molecule has 0 amide bonds. The first kappa shape index (κ1) is 8.13. The first-order valence-corrected chi connectivity index (χ1v) is 5.36. The predicted molar refractivity (Wildman–Crippen MR) is 51.3 cm³/mol. The molecule has 0 spiro atoms. The van der Waals surface area contributed by atoms with E-state index in [1.54, 1.807) is 0 Å². The fraction of sp³-hybridized carbons (Fsp3) is 0.625. The maximum Gasteiger partial charge on any atom is 0.0699 e. The van der Waals surface area contributed by atoms with Gasteiger partial charge in [-0.1, -0.05) is 0 Å². The summed E-state index contributed by atoms with van der Waals surface area (Å²) in [4.78, 5) is 0. The lowest BCUT2D eigenvalue weighted by Crippen LogP contribution is -2.23. The molecule has 1 aromatic heterocycles. The van der Waals surface area contributed by atoms with E-state index in [1.165, 1.54) is 17.1 Å². The van der Waals surface area contributed by atoms with Gasteiger partial charge < -0.3 is 5.73 Å². The van der Waals surface area contributed by atoms with Crippen LogP contribution in [0.5, 0.6) is 0 Å². The maximum atomic E-state index is 5.45. The minimum absolute atomic E-state index is 0.640. The highest BCUT2D eigenvalue weighted by atomic mass is 32.2. The molecule has 0 aromatic carbocycles. The van der Waals surface area contributed by atoms with Crippen LogP contribution in [0.3, 0.4) is 0 Å². The van der Waals surface area contributed by atoms with Gasteiger partial charge in [-0.2, -0.15) is 16.9 Å². The largest absolute Gasteiger partial charge is 0.330 e. The number of aromatic nitrogens is 2. The maximum absolute atomic E-state index is 5.45. The molecule has 2 rings (SSSR count). The second-order valence-electron chi connectivity index (χ2n) is 3.06. The van der Waals surface area contributed by atoms with Crippen molar-refractivity contribution < 1.29 is 0 Å². The molecule has 0 radical (unpaired) electrons. The molecule has 0 unspecified atom stereocenters. The third kappa shape index (κ3) is 1.49. The lowest BCUT2D eigenvalue weighted by molar-refractivity contribution is 0.526. The highest BCUT2D eigenvalue weighted by Gasteiger charge is 2.20. The SMILES string of the molecule is NCCc1cnn(C2CSC2)c1. The van der Waals surface area contributed by atoms with E-state index in [0.29, 0.717) is 12.6 Å². The van der Waals surface area contributed by atoms with Gasteiger partial charge in [-0.15, -0.1) is 0 Å². The van der Waals surface area contributed by atoms with Crippen molar-refractivity contribution in [3.05, 3.63) is 18.0 Å². The van der Waals surface area contributed by atoms with Crippen LogP contribution >= 0.6 is 11.8 Å². The van der Waals surface area contributed by atoms with Gasteiger partial charge in [0.25, 0.3) is 0 Å². The van der Waals surface area contributed by atoms with E-state index in [1.807, 2.05) is 18.0 Å². The molecule has 12 heavy (non-hydrogen) atoms. The third-order valence-corrected chi connectivity index (χ3v) is 3.32. The zero-order chi connectivity index (χ0) is 8.39. The van der Waals surface area contributed by atoms with Crippen LogP contribution < -0.4 is 5.73 Å². The number of thioether (sulfide) groups is 1. The molecule has 0 saturated carbocycles. The summed E-state index contributed by atoms with van der Waals surface area (Å²) in [5.74, 6) is 2.42. The van der Waals surface area contributed by atoms with E-state index in [9.17, 15) is 0 Å². The number of hydrogen-bond donors (Lipinski definition) is 1. The van der Waals surface area contributed by atoms with Crippen LogP contribution in [0, 0.1) is 0 Å². The summed E-state index contributed by atoms with van der Waals surface area (Å²) in [7, 11) is 0. The van der Waals surface area contributed by atoms with Crippen molar-refractivity contribution in [2.24, 2.45) is 5.73 Å². The highest BCUT2D eigenvalue weighted by Crippen LogP contribution is 2.28. The summed E-state index contributed by atoms with van der Waals surface area (Å²) < 4.78 is 2.07. The Bertz CT molecular complexity index is 255. The van der Waals surface area contributed by atoms with Crippen molar-refractivity contribution >= 4 is 11.8 Å². The van der Waals surface area contributed by atoms with Gasteiger partial charge in [-0.3, -0.25) is 4.68 Å². The number of hydrogen-bond acceptors (Lipinski definition) is 3. The fourth-order valence-electron chi connectivity index (χ4n) is 1.25. The molecule has 1 aliphatic rings. The fourth-order valence-corrected chi connectivity index (χ4v) is 2.00. The Morgan fingerprint density at radius 3 is 3.08 bits per heavy atom. The van der Waals surface area contributed by atoms with Crippen molar-refractivity contribution in [3.63, 3.8) is 0 Å². The Morgan fingerprint density at radius 1 is 1.67 bits per heavy atom. The predicted octanol–water partition coefficient (Wildman–Crippen LogP) is 0.672. The van der Waals surface area contributed by atoms with E-state index in [2.05, 4.69) is 16.0 Å². The number of nitrogens with two attached hydrogens (primary N) is 1. The molecule has 0 aliphatic carbocycles. The molecule has 66 valence electrons. The standard InChI is InChI=1S/C8H13N3S/c9-2-1-7-3-10-11(4-7)8-5-12-6-8/h3-4,8H,1-2,5-6,9H2. The summed E-state index contributed by atoms with van der Waals surface area (Å²) in [6.45, 7) is 0.713. The second kappa shape index (κ2) is 3.49. The van der Waals surface area contributed by atoms with Crippen molar-refractivity contribution in [2.45, 2.75) is 12.5 Å². The normalized spacial score (nSPS) is 17.8. The molecule has 0 bridgehead atoms. The van der Waals surface area contributed by atoms with Crippen molar-refractivity contribution in [1.82, 2.24) is 9.78 Å². The Labute approximate surface area is 76.3 Å².